The molecular weight excluding hydrogens is 314 g/mol. The first kappa shape index (κ1) is 14.3. The molecule has 110 valence electrons. The number of pyridine rings is 2. The Kier molecular flexibility index (Phi) is 3.46. The lowest BCUT2D eigenvalue weighted by Crippen LogP contribution is -1.99. The second kappa shape index (κ2) is 5.31. The van der Waals surface area contributed by atoms with Crippen LogP contribution in [-0.4, -0.2) is 21.0 Å². The Morgan fingerprint density at radius 3 is 2.55 bits per heavy atom. The number of aromatic carboxylic acids is 1. The van der Waals surface area contributed by atoms with Crippen LogP contribution in [0.5, 0.6) is 0 Å². The summed E-state index contributed by atoms with van der Waals surface area (Å²) in [7, 11) is 0. The number of halogens is 3. The van der Waals surface area contributed by atoms with Gasteiger partial charge < -0.3 is 5.11 Å². The minimum atomic E-state index is -1.18. The van der Waals surface area contributed by atoms with E-state index in [9.17, 15) is 13.6 Å². The van der Waals surface area contributed by atoms with Crippen molar-refractivity contribution >= 4 is 28.3 Å². The number of carboxylic acids is 1. The monoisotopic (exact) mass is 320 g/mol. The van der Waals surface area contributed by atoms with Crippen LogP contribution < -0.4 is 0 Å². The Morgan fingerprint density at radius 1 is 1.09 bits per heavy atom. The number of carboxylic acid groups (broad SMARTS) is 1. The first-order valence-corrected chi connectivity index (χ1v) is 6.47. The Morgan fingerprint density at radius 2 is 1.86 bits per heavy atom. The Bertz CT molecular complexity index is 895. The van der Waals surface area contributed by atoms with Crippen LogP contribution >= 0.6 is 11.6 Å². The van der Waals surface area contributed by atoms with Crippen molar-refractivity contribution in [1.29, 1.82) is 0 Å². The number of fused-ring (bicyclic) bond motifs is 1. The minimum Gasteiger partial charge on any atom is -0.478 e. The van der Waals surface area contributed by atoms with Gasteiger partial charge in [-0.1, -0.05) is 17.7 Å². The van der Waals surface area contributed by atoms with E-state index in [1.807, 2.05) is 0 Å². The quantitative estimate of drug-likeness (QED) is 0.777. The summed E-state index contributed by atoms with van der Waals surface area (Å²) in [6, 6.07) is 3.81. The van der Waals surface area contributed by atoms with E-state index in [-0.39, 0.29) is 32.6 Å². The first-order valence-electron chi connectivity index (χ1n) is 6.10. The van der Waals surface area contributed by atoms with E-state index in [1.54, 1.807) is 0 Å². The predicted molar refractivity (Wildman–Crippen MR) is 76.9 cm³/mol. The van der Waals surface area contributed by atoms with Gasteiger partial charge in [0.1, 0.15) is 5.82 Å². The molecule has 0 unspecified atom stereocenters. The molecule has 3 aromatic rings. The van der Waals surface area contributed by atoms with E-state index >= 15 is 0 Å². The van der Waals surface area contributed by atoms with Crippen LogP contribution in [0.4, 0.5) is 8.78 Å². The molecule has 2 aromatic heterocycles. The van der Waals surface area contributed by atoms with Crippen molar-refractivity contribution in [2.45, 2.75) is 0 Å². The van der Waals surface area contributed by atoms with Gasteiger partial charge in [-0.25, -0.2) is 13.6 Å². The van der Waals surface area contributed by atoms with Crippen molar-refractivity contribution in [2.24, 2.45) is 0 Å². The van der Waals surface area contributed by atoms with Gasteiger partial charge in [-0.3, -0.25) is 9.97 Å². The predicted octanol–water partition coefficient (Wildman–Crippen LogP) is 3.93. The lowest BCUT2D eigenvalue weighted by molar-refractivity contribution is 0.0697. The topological polar surface area (TPSA) is 63.1 Å². The summed E-state index contributed by atoms with van der Waals surface area (Å²) in [5.41, 5.74) is -0.0552. The molecule has 0 fully saturated rings. The molecule has 3 rings (SSSR count). The van der Waals surface area contributed by atoms with E-state index in [1.165, 1.54) is 24.4 Å². The van der Waals surface area contributed by atoms with Crippen molar-refractivity contribution in [1.82, 2.24) is 9.97 Å². The third kappa shape index (κ3) is 2.27. The standard InChI is InChI=1S/C15H7ClF2N2O2/c16-10-4-19-5-12(18)13(10)14-9-3-7(15(21)22)1-2-8(9)11(17)6-20-14/h1-6H,(H,21,22). The third-order valence-electron chi connectivity index (χ3n) is 3.18. The number of aromatic nitrogens is 2. The lowest BCUT2D eigenvalue weighted by Gasteiger charge is -2.09. The van der Waals surface area contributed by atoms with Crippen molar-refractivity contribution in [3.63, 3.8) is 0 Å². The van der Waals surface area contributed by atoms with Crippen LogP contribution in [0.1, 0.15) is 10.4 Å². The highest BCUT2D eigenvalue weighted by molar-refractivity contribution is 6.33. The van der Waals surface area contributed by atoms with E-state index in [0.29, 0.717) is 0 Å². The van der Waals surface area contributed by atoms with Crippen LogP contribution in [0, 0.1) is 11.6 Å². The molecule has 4 nitrogen and oxygen atoms in total. The zero-order valence-corrected chi connectivity index (χ0v) is 11.6. The molecule has 0 radical (unpaired) electrons. The van der Waals surface area contributed by atoms with Crippen LogP contribution in [0.25, 0.3) is 22.0 Å². The summed E-state index contributed by atoms with van der Waals surface area (Å²) in [6.45, 7) is 0. The molecule has 2 heterocycles. The number of benzene rings is 1. The normalized spacial score (nSPS) is 10.9. The van der Waals surface area contributed by atoms with Gasteiger partial charge in [0, 0.05) is 17.0 Å². The molecule has 0 saturated heterocycles. The fraction of sp³-hybridized carbons (Fsp3) is 0. The highest BCUT2D eigenvalue weighted by Gasteiger charge is 2.17. The molecule has 22 heavy (non-hydrogen) atoms. The summed E-state index contributed by atoms with van der Waals surface area (Å²) in [5.74, 6) is -2.55. The van der Waals surface area contributed by atoms with Gasteiger partial charge in [0.2, 0.25) is 0 Å². The number of carbonyl (C=O) groups is 1. The van der Waals surface area contributed by atoms with Gasteiger partial charge in [-0.05, 0) is 12.1 Å². The largest absolute Gasteiger partial charge is 0.478 e. The molecule has 0 aliphatic carbocycles. The molecular formula is C15H7ClF2N2O2. The van der Waals surface area contributed by atoms with Gasteiger partial charge >= 0.3 is 5.97 Å². The summed E-state index contributed by atoms with van der Waals surface area (Å²) < 4.78 is 27.9. The maximum absolute atomic E-state index is 14.0. The third-order valence-corrected chi connectivity index (χ3v) is 3.46. The van der Waals surface area contributed by atoms with Gasteiger partial charge in [0.05, 0.1) is 34.2 Å². The molecule has 1 N–H and O–H groups in total. The first-order chi connectivity index (χ1) is 10.5. The molecule has 0 saturated carbocycles. The van der Waals surface area contributed by atoms with Gasteiger partial charge in [-0.15, -0.1) is 0 Å². The Labute approximate surface area is 128 Å². The Balaban J connectivity index is 2.41. The van der Waals surface area contributed by atoms with Gasteiger partial charge in [0.25, 0.3) is 0 Å². The van der Waals surface area contributed by atoms with E-state index < -0.39 is 17.6 Å². The molecule has 0 spiro atoms. The van der Waals surface area contributed by atoms with Crippen molar-refractivity contribution < 1.29 is 18.7 Å². The number of rotatable bonds is 2. The Hall–Kier alpha value is -2.60. The molecule has 0 atom stereocenters. The maximum atomic E-state index is 14.0. The zero-order chi connectivity index (χ0) is 15.9. The highest BCUT2D eigenvalue weighted by Crippen LogP contribution is 2.34. The van der Waals surface area contributed by atoms with E-state index in [0.717, 1.165) is 12.4 Å². The number of nitrogens with zero attached hydrogens (tertiary/aromatic N) is 2. The number of hydrogen-bond acceptors (Lipinski definition) is 3. The number of hydrogen-bond donors (Lipinski definition) is 1. The minimum absolute atomic E-state index is 0.00105. The fourth-order valence-corrected chi connectivity index (χ4v) is 2.41. The molecule has 0 amide bonds. The molecule has 1 aromatic carbocycles. The average molecular weight is 321 g/mol. The summed E-state index contributed by atoms with van der Waals surface area (Å²) in [5, 5.41) is 9.35. The molecule has 0 aliphatic rings. The zero-order valence-electron chi connectivity index (χ0n) is 10.8. The highest BCUT2D eigenvalue weighted by atomic mass is 35.5. The van der Waals surface area contributed by atoms with Crippen LogP contribution in [0.2, 0.25) is 5.02 Å². The molecule has 0 bridgehead atoms. The van der Waals surface area contributed by atoms with Crippen molar-refractivity contribution in [3.8, 4) is 11.3 Å². The fourth-order valence-electron chi connectivity index (χ4n) is 2.18. The van der Waals surface area contributed by atoms with E-state index in [4.69, 9.17) is 16.7 Å². The molecule has 0 aliphatic heterocycles. The van der Waals surface area contributed by atoms with Gasteiger partial charge in [-0.2, -0.15) is 0 Å². The van der Waals surface area contributed by atoms with E-state index in [2.05, 4.69) is 9.97 Å². The van der Waals surface area contributed by atoms with Crippen molar-refractivity contribution in [3.05, 3.63) is 59.0 Å². The summed E-state index contributed by atoms with van der Waals surface area (Å²) >= 11 is 5.95. The maximum Gasteiger partial charge on any atom is 0.335 e. The van der Waals surface area contributed by atoms with Crippen molar-refractivity contribution in [2.75, 3.05) is 0 Å². The second-order valence-corrected chi connectivity index (χ2v) is 4.91. The smallest absolute Gasteiger partial charge is 0.335 e. The van der Waals surface area contributed by atoms with Crippen LogP contribution in [0.3, 0.4) is 0 Å². The van der Waals surface area contributed by atoms with Crippen LogP contribution in [0.15, 0.2) is 36.8 Å². The van der Waals surface area contributed by atoms with Gasteiger partial charge in [0.15, 0.2) is 5.82 Å². The summed E-state index contributed by atoms with van der Waals surface area (Å²) in [6.07, 6.45) is 3.13. The second-order valence-electron chi connectivity index (χ2n) is 4.50. The average Bonchev–Trinajstić information content (AvgIpc) is 2.49. The van der Waals surface area contributed by atoms with Crippen LogP contribution in [-0.2, 0) is 0 Å². The molecule has 7 heteroatoms. The SMILES string of the molecule is O=C(O)c1ccc2c(F)cnc(-c3c(F)cncc3Cl)c2c1. The summed E-state index contributed by atoms with van der Waals surface area (Å²) in [4.78, 5) is 18.6. The lowest BCUT2D eigenvalue weighted by atomic mass is 10.0.